The molecule has 7 heteroatoms. The van der Waals surface area contributed by atoms with Gasteiger partial charge in [0, 0.05) is 12.1 Å². The van der Waals surface area contributed by atoms with Crippen molar-refractivity contribution in [1.82, 2.24) is 10.2 Å². The van der Waals surface area contributed by atoms with Gasteiger partial charge in [0.05, 0.1) is 11.5 Å². The van der Waals surface area contributed by atoms with E-state index in [0.717, 1.165) is 11.1 Å². The molecule has 6 nitrogen and oxygen atoms in total. The quantitative estimate of drug-likeness (QED) is 0.573. The average molecular weight is 396 g/mol. The summed E-state index contributed by atoms with van der Waals surface area (Å²) in [5.74, 6) is -0.518. The number of carbonyl (C=O) groups is 1. The van der Waals surface area contributed by atoms with Gasteiger partial charge in [0.15, 0.2) is 0 Å². The Morgan fingerprint density at radius 2 is 1.46 bits per heavy atom. The molecular formula is C21H20N2O4S. The molecule has 0 fully saturated rings. The van der Waals surface area contributed by atoms with Crippen LogP contribution in [0.1, 0.15) is 21.5 Å². The molecule has 0 atom stereocenters. The van der Waals surface area contributed by atoms with Crippen LogP contribution < -0.4 is 10.2 Å². The van der Waals surface area contributed by atoms with Crippen LogP contribution in [0.2, 0.25) is 0 Å². The minimum Gasteiger partial charge on any atom is -0.269 e. The van der Waals surface area contributed by atoms with Gasteiger partial charge in [-0.3, -0.25) is 9.63 Å². The summed E-state index contributed by atoms with van der Waals surface area (Å²) in [5.41, 5.74) is 4.27. The lowest BCUT2D eigenvalue weighted by Gasteiger charge is -2.09. The third-order valence-electron chi connectivity index (χ3n) is 3.96. The zero-order chi connectivity index (χ0) is 19.8. The van der Waals surface area contributed by atoms with Crippen LogP contribution in [-0.2, 0) is 28.0 Å². The van der Waals surface area contributed by atoms with Crippen LogP contribution in [0, 0.1) is 0 Å². The maximum Gasteiger partial charge on any atom is 0.274 e. The first-order valence-electron chi connectivity index (χ1n) is 8.64. The predicted molar refractivity (Wildman–Crippen MR) is 106 cm³/mol. The Bertz CT molecular complexity index is 1020. The number of carbonyl (C=O) groups excluding carboxylic acids is 1. The molecule has 1 amide bonds. The first kappa shape index (κ1) is 19.8. The molecule has 0 saturated heterocycles. The number of sulfonamides is 1. The summed E-state index contributed by atoms with van der Waals surface area (Å²) in [6.07, 6.45) is 0. The summed E-state index contributed by atoms with van der Waals surface area (Å²) < 4.78 is 27.5. The number of hydrogen-bond acceptors (Lipinski definition) is 4. The van der Waals surface area contributed by atoms with Crippen LogP contribution in [0.25, 0.3) is 0 Å². The van der Waals surface area contributed by atoms with Crippen molar-refractivity contribution in [3.05, 3.63) is 102 Å². The Morgan fingerprint density at radius 3 is 2.14 bits per heavy atom. The summed E-state index contributed by atoms with van der Waals surface area (Å²) in [6.45, 7) is 0.378. The molecule has 0 spiro atoms. The standard InChI is InChI=1S/C21H20N2O4S/c24-21(23-27-16-18-10-5-2-6-11-18)19-12-7-13-20(14-19)28(25,26)22-15-17-8-3-1-4-9-17/h1-14,22H,15-16H2,(H,23,24). The molecule has 0 heterocycles. The Kier molecular flexibility index (Phi) is 6.54. The fraction of sp³-hybridized carbons (Fsp3) is 0.0952. The normalized spacial score (nSPS) is 11.1. The van der Waals surface area contributed by atoms with Crippen molar-refractivity contribution < 1.29 is 18.0 Å². The fourth-order valence-electron chi connectivity index (χ4n) is 2.48. The molecular weight excluding hydrogens is 376 g/mol. The molecule has 0 aliphatic rings. The fourth-order valence-corrected chi connectivity index (χ4v) is 3.54. The zero-order valence-electron chi connectivity index (χ0n) is 15.0. The summed E-state index contributed by atoms with van der Waals surface area (Å²) >= 11 is 0. The molecule has 0 saturated carbocycles. The average Bonchev–Trinajstić information content (AvgIpc) is 2.74. The van der Waals surface area contributed by atoms with E-state index in [0.29, 0.717) is 0 Å². The molecule has 3 rings (SSSR count). The molecule has 2 N–H and O–H groups in total. The number of amides is 1. The highest BCUT2D eigenvalue weighted by Crippen LogP contribution is 2.12. The van der Waals surface area contributed by atoms with E-state index in [2.05, 4.69) is 10.2 Å². The summed E-state index contributed by atoms with van der Waals surface area (Å²) in [7, 11) is -3.75. The molecule has 0 radical (unpaired) electrons. The van der Waals surface area contributed by atoms with Gasteiger partial charge in [0.25, 0.3) is 5.91 Å². The first-order chi connectivity index (χ1) is 13.5. The van der Waals surface area contributed by atoms with E-state index in [9.17, 15) is 13.2 Å². The third-order valence-corrected chi connectivity index (χ3v) is 5.36. The van der Waals surface area contributed by atoms with Crippen molar-refractivity contribution in [2.75, 3.05) is 0 Å². The van der Waals surface area contributed by atoms with Gasteiger partial charge in [-0.2, -0.15) is 0 Å². The van der Waals surface area contributed by atoms with Gasteiger partial charge in [-0.05, 0) is 29.3 Å². The number of hydrogen-bond donors (Lipinski definition) is 2. The van der Waals surface area contributed by atoms with Crippen molar-refractivity contribution in [2.45, 2.75) is 18.0 Å². The zero-order valence-corrected chi connectivity index (χ0v) is 15.9. The lowest BCUT2D eigenvalue weighted by atomic mass is 10.2. The second-order valence-corrected chi connectivity index (χ2v) is 7.81. The largest absolute Gasteiger partial charge is 0.274 e. The Morgan fingerprint density at radius 1 is 0.821 bits per heavy atom. The van der Waals surface area contributed by atoms with Crippen molar-refractivity contribution in [3.63, 3.8) is 0 Å². The van der Waals surface area contributed by atoms with E-state index in [1.165, 1.54) is 24.3 Å². The molecule has 0 unspecified atom stereocenters. The van der Waals surface area contributed by atoms with Gasteiger partial charge >= 0.3 is 0 Å². The molecule has 3 aromatic rings. The minimum absolute atomic E-state index is 0.0131. The van der Waals surface area contributed by atoms with E-state index in [1.807, 2.05) is 60.7 Å². The summed E-state index contributed by atoms with van der Waals surface area (Å²) in [5, 5.41) is 0. The lowest BCUT2D eigenvalue weighted by molar-refractivity contribution is 0.0233. The van der Waals surface area contributed by atoms with Crippen LogP contribution in [0.15, 0.2) is 89.8 Å². The van der Waals surface area contributed by atoms with Gasteiger partial charge in [0.2, 0.25) is 10.0 Å². The topological polar surface area (TPSA) is 84.5 Å². The van der Waals surface area contributed by atoms with Gasteiger partial charge in [0.1, 0.15) is 0 Å². The van der Waals surface area contributed by atoms with E-state index >= 15 is 0 Å². The van der Waals surface area contributed by atoms with E-state index < -0.39 is 15.9 Å². The first-order valence-corrected chi connectivity index (χ1v) is 10.1. The van der Waals surface area contributed by atoms with Crippen molar-refractivity contribution in [3.8, 4) is 0 Å². The van der Waals surface area contributed by atoms with Crippen LogP contribution in [0.3, 0.4) is 0 Å². The predicted octanol–water partition coefficient (Wildman–Crippen LogP) is 3.03. The Labute approximate surface area is 164 Å². The molecule has 0 aromatic heterocycles. The molecule has 0 aliphatic carbocycles. The highest BCUT2D eigenvalue weighted by Gasteiger charge is 2.16. The minimum atomic E-state index is -3.75. The van der Waals surface area contributed by atoms with Gasteiger partial charge < -0.3 is 0 Å². The maximum absolute atomic E-state index is 12.5. The van der Waals surface area contributed by atoms with E-state index in [-0.39, 0.29) is 23.6 Å². The summed E-state index contributed by atoms with van der Waals surface area (Å²) in [6, 6.07) is 24.4. The Balaban J connectivity index is 1.61. The monoisotopic (exact) mass is 396 g/mol. The number of benzene rings is 3. The molecule has 3 aromatic carbocycles. The van der Waals surface area contributed by atoms with Crippen molar-refractivity contribution in [1.29, 1.82) is 0 Å². The maximum atomic E-state index is 12.5. The van der Waals surface area contributed by atoms with Gasteiger partial charge in [-0.1, -0.05) is 66.7 Å². The van der Waals surface area contributed by atoms with E-state index in [1.54, 1.807) is 0 Å². The molecule has 0 bridgehead atoms. The lowest BCUT2D eigenvalue weighted by Crippen LogP contribution is -2.25. The van der Waals surface area contributed by atoms with E-state index in [4.69, 9.17) is 4.84 Å². The molecule has 144 valence electrons. The highest BCUT2D eigenvalue weighted by molar-refractivity contribution is 7.89. The van der Waals surface area contributed by atoms with Crippen LogP contribution >= 0.6 is 0 Å². The smallest absolute Gasteiger partial charge is 0.269 e. The number of nitrogens with one attached hydrogen (secondary N) is 2. The molecule has 28 heavy (non-hydrogen) atoms. The van der Waals surface area contributed by atoms with Gasteiger partial charge in [-0.25, -0.2) is 18.6 Å². The van der Waals surface area contributed by atoms with Crippen LogP contribution in [0.4, 0.5) is 0 Å². The Hall–Kier alpha value is -3.00. The SMILES string of the molecule is O=C(NOCc1ccccc1)c1cccc(S(=O)(=O)NCc2ccccc2)c1. The number of hydroxylamine groups is 1. The molecule has 0 aliphatic heterocycles. The van der Waals surface area contributed by atoms with Crippen molar-refractivity contribution >= 4 is 15.9 Å². The van der Waals surface area contributed by atoms with Crippen LogP contribution in [0.5, 0.6) is 0 Å². The number of rotatable bonds is 8. The second kappa shape index (κ2) is 9.27. The summed E-state index contributed by atoms with van der Waals surface area (Å²) in [4.78, 5) is 17.5. The van der Waals surface area contributed by atoms with Crippen LogP contribution in [-0.4, -0.2) is 14.3 Å². The highest BCUT2D eigenvalue weighted by atomic mass is 32.2. The van der Waals surface area contributed by atoms with Crippen molar-refractivity contribution in [2.24, 2.45) is 0 Å². The second-order valence-electron chi connectivity index (χ2n) is 6.04. The van der Waals surface area contributed by atoms with Gasteiger partial charge in [-0.15, -0.1) is 0 Å². The third kappa shape index (κ3) is 5.50.